The van der Waals surface area contributed by atoms with Gasteiger partial charge >= 0.3 is 12.2 Å². The maximum atomic E-state index is 13.0. The summed E-state index contributed by atoms with van der Waals surface area (Å²) in [5, 5.41) is 14.2. The number of amides is 2. The van der Waals surface area contributed by atoms with Gasteiger partial charge in [0.2, 0.25) is 0 Å². The molecule has 50 heavy (non-hydrogen) atoms. The van der Waals surface area contributed by atoms with Gasteiger partial charge in [-0.1, -0.05) is 24.3 Å². The zero-order chi connectivity index (χ0) is 35.8. The number of likely N-dealkylation sites (tertiary alicyclic amines) is 2. The molecule has 0 aliphatic carbocycles. The van der Waals surface area contributed by atoms with Gasteiger partial charge in [-0.3, -0.25) is 9.59 Å². The molecule has 3 N–H and O–H groups in total. The molecule has 0 saturated carbocycles. The number of rotatable bonds is 8. The number of benzene rings is 2. The first-order valence-electron chi connectivity index (χ1n) is 16.6. The largest absolute Gasteiger partial charge is 0.465 e. The molecule has 0 unspecified atom stereocenters. The molecule has 268 valence electrons. The fourth-order valence-corrected chi connectivity index (χ4v) is 7.09. The van der Waals surface area contributed by atoms with Crippen molar-refractivity contribution in [2.75, 3.05) is 20.2 Å². The summed E-state index contributed by atoms with van der Waals surface area (Å²) < 4.78 is 41.4. The summed E-state index contributed by atoms with van der Waals surface area (Å²) in [5.74, 6) is 0.720. The van der Waals surface area contributed by atoms with E-state index in [1.807, 2.05) is 6.92 Å². The molecule has 4 heterocycles. The molecule has 0 radical (unpaired) electrons. The monoisotopic (exact) mass is 696 g/mol. The molecule has 6 rings (SSSR count). The Balaban J connectivity index is 0.000000194. The van der Waals surface area contributed by atoms with Gasteiger partial charge in [0.05, 0.1) is 7.11 Å². The van der Waals surface area contributed by atoms with Gasteiger partial charge in [0.15, 0.2) is 0 Å². The van der Waals surface area contributed by atoms with Crippen LogP contribution in [0.15, 0.2) is 79.3 Å². The number of halogens is 2. The molecule has 2 aliphatic rings. The first-order valence-corrected chi connectivity index (χ1v) is 16.6. The molecule has 2 amide bonds. The summed E-state index contributed by atoms with van der Waals surface area (Å²) in [6, 6.07) is 15.5. The second-order valence-corrected chi connectivity index (χ2v) is 13.2. The molecule has 2 aromatic heterocycles. The third kappa shape index (κ3) is 9.10. The SMILES string of the molecule is COC(=O)N1CC[C@@H](c2cc(=O)[nH]o2)C[C@H]1CCc1ccc(F)cc1.C[C@@]1(CCc2ccc(F)cc2)C[C@H](c2cc(=O)[nH]o2)CCN1C(=O)O. The zero-order valence-electron chi connectivity index (χ0n) is 28.0. The quantitative estimate of drug-likeness (QED) is 0.190. The lowest BCUT2D eigenvalue weighted by Gasteiger charge is -2.46. The molecule has 2 fully saturated rings. The first-order chi connectivity index (χ1) is 23.9. The van der Waals surface area contributed by atoms with Gasteiger partial charge in [0.25, 0.3) is 11.1 Å². The van der Waals surface area contributed by atoms with E-state index in [4.69, 9.17) is 13.8 Å². The number of carbonyl (C=O) groups is 2. The van der Waals surface area contributed by atoms with Crippen LogP contribution in [0.5, 0.6) is 0 Å². The van der Waals surface area contributed by atoms with Crippen molar-refractivity contribution in [3.63, 3.8) is 0 Å². The molecule has 2 aliphatic heterocycles. The standard InChI is InChI=1S/2C18H21FN2O4/c1-24-18(23)21-9-8-13(16-11-17(22)20-25-16)10-15(21)7-4-12-2-5-14(19)6-3-12;1-18(8-6-12-2-4-14(19)5-3-12)11-13(7-9-21(18)17(23)24)15-10-16(22)20-25-15/h2-3,5-6,11,13,15H,4,7-10H2,1H3,(H,20,22);2-5,10,13H,6-9,11H2,1H3,(H,20,22)(H,23,24)/t13-,15-;13-,18-/m11/s1. The van der Waals surface area contributed by atoms with Crippen LogP contribution in [0.3, 0.4) is 0 Å². The molecule has 0 spiro atoms. The Labute approximate surface area is 287 Å². The number of hydrogen-bond donors (Lipinski definition) is 3. The second-order valence-electron chi connectivity index (χ2n) is 13.2. The summed E-state index contributed by atoms with van der Waals surface area (Å²) in [4.78, 5) is 49.5. The Hall–Kier alpha value is -5.14. The lowest BCUT2D eigenvalue weighted by molar-refractivity contribution is 0.0410. The highest BCUT2D eigenvalue weighted by molar-refractivity contribution is 5.68. The molecule has 14 heteroatoms. The van der Waals surface area contributed by atoms with Gasteiger partial charge in [0.1, 0.15) is 23.2 Å². The molecule has 4 aromatic rings. The van der Waals surface area contributed by atoms with E-state index in [1.165, 1.54) is 48.4 Å². The van der Waals surface area contributed by atoms with Crippen molar-refractivity contribution in [1.29, 1.82) is 0 Å². The minimum atomic E-state index is -0.949. The van der Waals surface area contributed by atoms with Crippen LogP contribution < -0.4 is 11.1 Å². The highest BCUT2D eigenvalue weighted by Crippen LogP contribution is 2.40. The number of nitrogens with one attached hydrogen (secondary N) is 2. The average Bonchev–Trinajstić information content (AvgIpc) is 3.75. The van der Waals surface area contributed by atoms with Crippen molar-refractivity contribution in [2.45, 2.75) is 81.7 Å². The van der Waals surface area contributed by atoms with E-state index in [9.17, 15) is 33.1 Å². The highest BCUT2D eigenvalue weighted by Gasteiger charge is 2.42. The number of carboxylic acid groups (broad SMARTS) is 1. The first kappa shape index (κ1) is 36.1. The predicted octanol–water partition coefficient (Wildman–Crippen LogP) is 6.41. The van der Waals surface area contributed by atoms with Crippen LogP contribution in [-0.4, -0.2) is 69.2 Å². The number of aromatic amines is 2. The molecule has 2 saturated heterocycles. The summed E-state index contributed by atoms with van der Waals surface area (Å²) >= 11 is 0. The van der Waals surface area contributed by atoms with Gasteiger partial charge in [-0.05, 0) is 93.7 Å². The number of nitrogens with zero attached hydrogens (tertiary/aromatic N) is 2. The van der Waals surface area contributed by atoms with Crippen molar-refractivity contribution in [3.8, 4) is 0 Å². The van der Waals surface area contributed by atoms with E-state index < -0.39 is 11.6 Å². The Kier molecular flexibility index (Phi) is 11.6. The normalized spacial score (nSPS) is 22.0. The maximum Gasteiger partial charge on any atom is 0.409 e. The molecule has 0 bridgehead atoms. The van der Waals surface area contributed by atoms with Crippen molar-refractivity contribution in [2.24, 2.45) is 0 Å². The third-order valence-electron chi connectivity index (χ3n) is 9.83. The topological polar surface area (TPSA) is 162 Å². The van der Waals surface area contributed by atoms with Crippen LogP contribution in [0.4, 0.5) is 18.4 Å². The van der Waals surface area contributed by atoms with Crippen molar-refractivity contribution >= 4 is 12.2 Å². The van der Waals surface area contributed by atoms with Crippen molar-refractivity contribution < 1.29 is 37.3 Å². The van der Waals surface area contributed by atoms with E-state index >= 15 is 0 Å². The number of hydrogen-bond acceptors (Lipinski definition) is 7. The highest BCUT2D eigenvalue weighted by atomic mass is 19.1. The summed E-state index contributed by atoms with van der Waals surface area (Å²) in [6.45, 7) is 2.84. The molecular weight excluding hydrogens is 654 g/mol. The van der Waals surface area contributed by atoms with Gasteiger partial charge in [-0.15, -0.1) is 0 Å². The lowest BCUT2D eigenvalue weighted by atomic mass is 9.77. The van der Waals surface area contributed by atoms with Crippen LogP contribution in [0.1, 0.15) is 79.9 Å². The molecular formula is C36H42F2N4O8. The van der Waals surface area contributed by atoms with Crippen molar-refractivity contribution in [1.82, 2.24) is 20.1 Å². The van der Waals surface area contributed by atoms with Gasteiger partial charge in [0, 0.05) is 48.6 Å². The molecule has 4 atom stereocenters. The third-order valence-corrected chi connectivity index (χ3v) is 9.83. The minimum Gasteiger partial charge on any atom is -0.465 e. The van der Waals surface area contributed by atoms with E-state index in [1.54, 1.807) is 29.2 Å². The smallest absolute Gasteiger partial charge is 0.409 e. The number of aromatic nitrogens is 2. The van der Waals surface area contributed by atoms with Crippen LogP contribution in [0.25, 0.3) is 0 Å². The summed E-state index contributed by atoms with van der Waals surface area (Å²) in [7, 11) is 1.37. The number of piperidine rings is 2. The Morgan fingerprint density at radius 1 is 0.880 bits per heavy atom. The number of methoxy groups -OCH3 is 1. The van der Waals surface area contributed by atoms with Gasteiger partial charge in [-0.25, -0.2) is 18.4 Å². The van der Waals surface area contributed by atoms with E-state index in [0.717, 1.165) is 24.0 Å². The van der Waals surface area contributed by atoms with Crippen LogP contribution >= 0.6 is 0 Å². The number of ether oxygens (including phenoxy) is 1. The van der Waals surface area contributed by atoms with E-state index in [2.05, 4.69) is 10.3 Å². The number of H-pyrrole nitrogens is 2. The van der Waals surface area contributed by atoms with Crippen LogP contribution in [0.2, 0.25) is 0 Å². The fourth-order valence-electron chi connectivity index (χ4n) is 7.09. The Morgan fingerprint density at radius 3 is 1.94 bits per heavy atom. The van der Waals surface area contributed by atoms with Gasteiger partial charge < -0.3 is 28.7 Å². The summed E-state index contributed by atoms with van der Waals surface area (Å²) in [6.07, 6.45) is 3.99. The summed E-state index contributed by atoms with van der Waals surface area (Å²) in [5.41, 5.74) is 0.848. The fraction of sp³-hybridized carbons (Fsp3) is 0.444. The van der Waals surface area contributed by atoms with Crippen LogP contribution in [0, 0.1) is 11.6 Å². The molecule has 2 aromatic carbocycles. The Bertz CT molecular complexity index is 1830. The molecule has 12 nitrogen and oxygen atoms in total. The Morgan fingerprint density at radius 2 is 1.42 bits per heavy atom. The zero-order valence-corrected chi connectivity index (χ0v) is 28.0. The lowest BCUT2D eigenvalue weighted by Crippen LogP contribution is -2.54. The minimum absolute atomic E-state index is 0.00670. The van der Waals surface area contributed by atoms with Crippen molar-refractivity contribution in [3.05, 3.63) is 116 Å². The predicted molar refractivity (Wildman–Crippen MR) is 178 cm³/mol. The van der Waals surface area contributed by atoms with Gasteiger partial charge in [-0.2, -0.15) is 10.3 Å². The number of carbonyl (C=O) groups excluding carboxylic acids is 1. The second kappa shape index (κ2) is 16.0. The maximum absolute atomic E-state index is 13.0. The van der Waals surface area contributed by atoms with Crippen LogP contribution in [-0.2, 0) is 17.6 Å². The number of aryl methyl sites for hydroxylation is 2. The average molecular weight is 697 g/mol. The van der Waals surface area contributed by atoms with E-state index in [0.29, 0.717) is 63.1 Å². The van der Waals surface area contributed by atoms with E-state index in [-0.39, 0.29) is 46.7 Å².